The Kier molecular flexibility index (Phi) is 22.3. The first-order valence-electron chi connectivity index (χ1n) is 22.0. The van der Waals surface area contributed by atoms with Crippen molar-refractivity contribution in [3.8, 4) is 5.75 Å². The average molecular weight is 993 g/mol. The van der Waals surface area contributed by atoms with Gasteiger partial charge < -0.3 is 70.2 Å². The van der Waals surface area contributed by atoms with Crippen molar-refractivity contribution in [2.24, 2.45) is 34.8 Å². The summed E-state index contributed by atoms with van der Waals surface area (Å²) in [4.78, 5) is 148. The van der Waals surface area contributed by atoms with E-state index in [0.29, 0.717) is 18.4 Å². The third kappa shape index (κ3) is 17.8. The number of nitrogens with zero attached hydrogens (tertiary/aromatic N) is 1. The second kappa shape index (κ2) is 27.0. The number of carbonyl (C=O) groups excluding carboxylic acids is 11. The van der Waals surface area contributed by atoms with E-state index in [1.807, 2.05) is 13.8 Å². The molecule has 1 aromatic carbocycles. The van der Waals surface area contributed by atoms with Crippen LogP contribution in [0, 0.1) is 11.8 Å². The first-order valence-corrected chi connectivity index (χ1v) is 24.5. The SMILES string of the molecule is CC[C@H](C)C1NC(=O)[C@H](Cc2ccc(O)cc2)NC(=O)[C@@H](N)CSSCC(C(=O)N2CCCC2C(=O)N[C@@H](CC(C)C)C(=O)NCC(N)=O)NC(=O)[C@H](CC(N)=O)NC(=O)[C@@H](CC(N)=O)NC1=O. The zero-order valence-electron chi connectivity index (χ0n) is 38.4. The van der Waals surface area contributed by atoms with Gasteiger partial charge >= 0.3 is 0 Å². The van der Waals surface area contributed by atoms with Crippen LogP contribution in [-0.4, -0.2) is 148 Å². The van der Waals surface area contributed by atoms with E-state index in [1.165, 1.54) is 29.2 Å². The topological polar surface area (TPSA) is 400 Å². The van der Waals surface area contributed by atoms with Crippen LogP contribution in [0.25, 0.3) is 0 Å². The van der Waals surface area contributed by atoms with Gasteiger partial charge in [-0.15, -0.1) is 0 Å². The Morgan fingerprint density at radius 3 is 1.90 bits per heavy atom. The maximum Gasteiger partial charge on any atom is 0.246 e. The minimum absolute atomic E-state index is 0.0430. The molecular weight excluding hydrogens is 929 g/mol. The largest absolute Gasteiger partial charge is 0.508 e. The van der Waals surface area contributed by atoms with E-state index in [9.17, 15) is 57.8 Å². The first kappa shape index (κ1) is 56.2. The molecule has 0 radical (unpaired) electrons. The molecule has 376 valence electrons. The molecule has 2 aliphatic rings. The van der Waals surface area contributed by atoms with Crippen molar-refractivity contribution in [3.63, 3.8) is 0 Å². The van der Waals surface area contributed by atoms with E-state index < -0.39 is 139 Å². The minimum atomic E-state index is -1.79. The van der Waals surface area contributed by atoms with Crippen molar-refractivity contribution in [2.45, 2.75) is 121 Å². The molecule has 2 aliphatic heterocycles. The molecule has 2 fully saturated rings. The number of amides is 11. The summed E-state index contributed by atoms with van der Waals surface area (Å²) in [6, 6.07) is -5.38. The number of benzene rings is 1. The zero-order valence-corrected chi connectivity index (χ0v) is 40.0. The number of primary amides is 3. The highest BCUT2D eigenvalue weighted by Crippen LogP contribution is 2.26. The molecule has 11 amide bonds. The maximum atomic E-state index is 14.5. The highest BCUT2D eigenvalue weighted by molar-refractivity contribution is 8.76. The van der Waals surface area contributed by atoms with Gasteiger partial charge in [0.25, 0.3) is 0 Å². The van der Waals surface area contributed by atoms with E-state index in [4.69, 9.17) is 22.9 Å². The molecule has 3 rings (SSSR count). The Morgan fingerprint density at radius 2 is 1.32 bits per heavy atom. The van der Waals surface area contributed by atoms with Gasteiger partial charge in [-0.2, -0.15) is 0 Å². The lowest BCUT2D eigenvalue weighted by Crippen LogP contribution is -2.62. The van der Waals surface area contributed by atoms with Gasteiger partial charge in [0.05, 0.1) is 25.4 Å². The van der Waals surface area contributed by atoms with Crippen LogP contribution in [0.15, 0.2) is 24.3 Å². The van der Waals surface area contributed by atoms with Crippen molar-refractivity contribution >= 4 is 86.6 Å². The van der Waals surface area contributed by atoms with Crippen LogP contribution in [-0.2, 0) is 59.2 Å². The molecule has 0 spiro atoms. The molecule has 9 atom stereocenters. The predicted molar refractivity (Wildman–Crippen MR) is 250 cm³/mol. The van der Waals surface area contributed by atoms with Crippen LogP contribution in [0.4, 0.5) is 0 Å². The molecule has 24 nitrogen and oxygen atoms in total. The molecule has 1 aromatic rings. The molecular formula is C42H64N12O12S2. The second-order valence-electron chi connectivity index (χ2n) is 17.1. The van der Waals surface area contributed by atoms with Crippen LogP contribution in [0.1, 0.15) is 71.8 Å². The molecule has 16 N–H and O–H groups in total. The fourth-order valence-electron chi connectivity index (χ4n) is 7.20. The van der Waals surface area contributed by atoms with E-state index in [-0.39, 0.29) is 49.0 Å². The monoisotopic (exact) mass is 992 g/mol. The first-order chi connectivity index (χ1) is 32.0. The third-order valence-corrected chi connectivity index (χ3v) is 13.5. The van der Waals surface area contributed by atoms with Crippen LogP contribution in [0.2, 0.25) is 0 Å². The summed E-state index contributed by atoms with van der Waals surface area (Å²) in [6.45, 7) is 6.55. The summed E-state index contributed by atoms with van der Waals surface area (Å²) in [7, 11) is 2.03. The minimum Gasteiger partial charge on any atom is -0.508 e. The van der Waals surface area contributed by atoms with Crippen molar-refractivity contribution in [2.75, 3.05) is 24.6 Å². The Hall–Kier alpha value is -6.15. The fraction of sp³-hybridized carbons (Fsp3) is 0.595. The number of carbonyl (C=O) groups is 11. The fourth-order valence-corrected chi connectivity index (χ4v) is 9.48. The summed E-state index contributed by atoms with van der Waals surface area (Å²) < 4.78 is 0. The third-order valence-electron chi connectivity index (χ3n) is 11.0. The Balaban J connectivity index is 2.04. The molecule has 3 unspecified atom stereocenters. The second-order valence-corrected chi connectivity index (χ2v) is 19.6. The molecule has 0 bridgehead atoms. The molecule has 2 heterocycles. The van der Waals surface area contributed by atoms with Crippen molar-refractivity contribution in [3.05, 3.63) is 29.8 Å². The lowest BCUT2D eigenvalue weighted by Gasteiger charge is -2.31. The predicted octanol–water partition coefficient (Wildman–Crippen LogP) is -4.00. The highest BCUT2D eigenvalue weighted by Gasteiger charge is 2.41. The van der Waals surface area contributed by atoms with Gasteiger partial charge in [-0.05, 0) is 48.8 Å². The molecule has 2 saturated heterocycles. The Bertz CT molecular complexity index is 2030. The van der Waals surface area contributed by atoms with Gasteiger partial charge in [-0.3, -0.25) is 52.7 Å². The van der Waals surface area contributed by atoms with Gasteiger partial charge in [-0.1, -0.05) is 67.8 Å². The summed E-state index contributed by atoms with van der Waals surface area (Å²) in [5.74, 6) is -10.9. The number of nitrogens with one attached hydrogen (secondary N) is 7. The number of phenols is 1. The molecule has 0 aliphatic carbocycles. The molecule has 68 heavy (non-hydrogen) atoms. The van der Waals surface area contributed by atoms with E-state index in [0.717, 1.165) is 21.6 Å². The smallest absolute Gasteiger partial charge is 0.246 e. The molecule has 0 saturated carbocycles. The van der Waals surface area contributed by atoms with Crippen LogP contribution in [0.5, 0.6) is 5.75 Å². The van der Waals surface area contributed by atoms with Crippen molar-refractivity contribution < 1.29 is 57.8 Å². The summed E-state index contributed by atoms with van der Waals surface area (Å²) in [5.41, 5.74) is 22.9. The average Bonchev–Trinajstić information content (AvgIpc) is 3.77. The number of likely N-dealkylation sites (tertiary alicyclic amines) is 1. The number of hydrogen-bond donors (Lipinski definition) is 12. The van der Waals surface area contributed by atoms with Crippen LogP contribution >= 0.6 is 21.6 Å². The standard InChI is InChI=1S/C42H64N12O12S2/c1-5-21(4)34-41(65)51-28(16-32(45)57)37(61)49-27(15-31(44)56)38(62)52-29(19-68-67-18-24(43)35(59)48-26(39(63)53-34)14-22-8-10-23(55)11-9-22)42(66)54-12-6-7-30(54)40(64)50-25(13-20(2)3)36(60)47-17-33(46)58/h8-11,20-21,24-30,34,55H,5-7,12-19,43H2,1-4H3,(H2,44,56)(H2,45,57)(H2,46,58)(H,47,60)(H,48,59)(H,49,61)(H,50,64)(H,51,65)(H,52,62)(H,53,63)/t21-,24-,25-,26-,27-,28+,29?,30?,34?/m0/s1. The van der Waals surface area contributed by atoms with Gasteiger partial charge in [0.2, 0.25) is 65.0 Å². The van der Waals surface area contributed by atoms with E-state index in [1.54, 1.807) is 13.8 Å². The zero-order chi connectivity index (χ0) is 50.8. The molecule has 0 aromatic heterocycles. The van der Waals surface area contributed by atoms with Gasteiger partial charge in [-0.25, -0.2) is 0 Å². The van der Waals surface area contributed by atoms with Gasteiger partial charge in [0.1, 0.15) is 48.0 Å². The maximum absolute atomic E-state index is 14.5. The quantitative estimate of drug-likeness (QED) is 0.0703. The highest BCUT2D eigenvalue weighted by atomic mass is 33.1. The Morgan fingerprint density at radius 1 is 0.765 bits per heavy atom. The van der Waals surface area contributed by atoms with Crippen LogP contribution < -0.4 is 60.2 Å². The van der Waals surface area contributed by atoms with E-state index >= 15 is 0 Å². The molecule has 26 heteroatoms. The van der Waals surface area contributed by atoms with Crippen molar-refractivity contribution in [1.82, 2.24) is 42.1 Å². The normalized spacial score (nSPS) is 24.5. The lowest BCUT2D eigenvalue weighted by atomic mass is 9.96. The van der Waals surface area contributed by atoms with Crippen molar-refractivity contribution in [1.29, 1.82) is 0 Å². The van der Waals surface area contributed by atoms with Gasteiger partial charge in [0.15, 0.2) is 0 Å². The number of phenolic OH excluding ortho intramolecular Hbond substituents is 1. The summed E-state index contributed by atoms with van der Waals surface area (Å²) in [6.07, 6.45) is -0.745. The van der Waals surface area contributed by atoms with E-state index in [2.05, 4.69) is 37.2 Å². The Labute approximate surface area is 401 Å². The summed E-state index contributed by atoms with van der Waals surface area (Å²) >= 11 is 0. The number of hydrogen-bond acceptors (Lipinski definition) is 15. The van der Waals surface area contributed by atoms with Crippen LogP contribution in [0.3, 0.4) is 0 Å². The summed E-state index contributed by atoms with van der Waals surface area (Å²) in [5, 5.41) is 27.4. The number of rotatable bonds is 16. The number of nitrogens with two attached hydrogens (primary N) is 4. The lowest BCUT2D eigenvalue weighted by molar-refractivity contribution is -0.142. The van der Waals surface area contributed by atoms with Gasteiger partial charge in [0, 0.05) is 24.5 Å². The number of aromatic hydroxyl groups is 1.